The van der Waals surface area contributed by atoms with Gasteiger partial charge >= 0.3 is 0 Å². The van der Waals surface area contributed by atoms with E-state index in [1.54, 1.807) is 6.92 Å². The molecule has 1 aliphatic heterocycles. The molecule has 0 spiro atoms. The third-order valence-electron chi connectivity index (χ3n) is 4.04. The summed E-state index contributed by atoms with van der Waals surface area (Å²) in [6.45, 7) is 6.04. The predicted molar refractivity (Wildman–Crippen MR) is 93.2 cm³/mol. The van der Waals surface area contributed by atoms with Gasteiger partial charge < -0.3 is 9.80 Å². The molecule has 1 amide bonds. The lowest BCUT2D eigenvalue weighted by molar-refractivity contribution is -0.131. The first-order chi connectivity index (χ1) is 11.0. The Bertz CT molecular complexity index is 688. The SMILES string of the molecule is CC(=O)N1CCN(c2nc(Cc3ccc(Cl)cc3)ns2)CC1C. The highest BCUT2D eigenvalue weighted by Gasteiger charge is 2.27. The highest BCUT2D eigenvalue weighted by Crippen LogP contribution is 2.22. The van der Waals surface area contributed by atoms with Gasteiger partial charge in [0.05, 0.1) is 0 Å². The van der Waals surface area contributed by atoms with Gasteiger partial charge in [0.1, 0.15) is 5.82 Å². The number of piperazine rings is 1. The summed E-state index contributed by atoms with van der Waals surface area (Å²) < 4.78 is 4.46. The normalized spacial score (nSPS) is 18.3. The fourth-order valence-corrected chi connectivity index (χ4v) is 3.67. The third kappa shape index (κ3) is 3.82. The van der Waals surface area contributed by atoms with Gasteiger partial charge in [-0.05, 0) is 24.6 Å². The van der Waals surface area contributed by atoms with Crippen LogP contribution in [-0.2, 0) is 11.2 Å². The smallest absolute Gasteiger partial charge is 0.219 e. The van der Waals surface area contributed by atoms with E-state index in [1.165, 1.54) is 11.5 Å². The van der Waals surface area contributed by atoms with Gasteiger partial charge in [-0.15, -0.1) is 0 Å². The van der Waals surface area contributed by atoms with Crippen LogP contribution in [0.25, 0.3) is 0 Å². The molecule has 0 aliphatic carbocycles. The van der Waals surface area contributed by atoms with E-state index in [-0.39, 0.29) is 11.9 Å². The van der Waals surface area contributed by atoms with E-state index in [1.807, 2.05) is 29.2 Å². The maximum Gasteiger partial charge on any atom is 0.219 e. The minimum absolute atomic E-state index is 0.137. The average molecular weight is 351 g/mol. The molecule has 1 saturated heterocycles. The number of amides is 1. The summed E-state index contributed by atoms with van der Waals surface area (Å²) in [5.41, 5.74) is 1.15. The first-order valence-electron chi connectivity index (χ1n) is 7.62. The lowest BCUT2D eigenvalue weighted by Gasteiger charge is -2.39. The maximum atomic E-state index is 11.6. The molecule has 1 atom stereocenters. The summed E-state index contributed by atoms with van der Waals surface area (Å²) in [7, 11) is 0. The van der Waals surface area contributed by atoms with Crippen molar-refractivity contribution in [2.24, 2.45) is 0 Å². The minimum atomic E-state index is 0.137. The number of benzene rings is 1. The molecule has 1 aromatic carbocycles. The molecule has 5 nitrogen and oxygen atoms in total. The van der Waals surface area contributed by atoms with Crippen molar-refractivity contribution in [3.8, 4) is 0 Å². The third-order valence-corrected chi connectivity index (χ3v) is 5.10. The highest BCUT2D eigenvalue weighted by molar-refractivity contribution is 7.09. The zero-order chi connectivity index (χ0) is 16.4. The van der Waals surface area contributed by atoms with Crippen molar-refractivity contribution in [2.75, 3.05) is 24.5 Å². The van der Waals surface area contributed by atoms with Crippen molar-refractivity contribution in [3.63, 3.8) is 0 Å². The van der Waals surface area contributed by atoms with Crippen LogP contribution in [0.4, 0.5) is 5.13 Å². The first kappa shape index (κ1) is 16.2. The van der Waals surface area contributed by atoms with Crippen LogP contribution >= 0.6 is 23.1 Å². The summed E-state index contributed by atoms with van der Waals surface area (Å²) in [6, 6.07) is 7.96. The Morgan fingerprint density at radius 3 is 2.74 bits per heavy atom. The lowest BCUT2D eigenvalue weighted by atomic mass is 10.1. The van der Waals surface area contributed by atoms with Crippen molar-refractivity contribution in [2.45, 2.75) is 26.3 Å². The number of hydrogen-bond donors (Lipinski definition) is 0. The monoisotopic (exact) mass is 350 g/mol. The fraction of sp³-hybridized carbons (Fsp3) is 0.438. The van der Waals surface area contributed by atoms with Crippen LogP contribution < -0.4 is 4.90 Å². The van der Waals surface area contributed by atoms with E-state index >= 15 is 0 Å². The summed E-state index contributed by atoms with van der Waals surface area (Å²) >= 11 is 7.33. The van der Waals surface area contributed by atoms with Gasteiger partial charge in [-0.3, -0.25) is 4.79 Å². The van der Waals surface area contributed by atoms with Crippen LogP contribution in [0.1, 0.15) is 25.2 Å². The standard InChI is InChI=1S/C16H19ClN4OS/c1-11-10-20(7-8-21(11)12(2)22)16-18-15(19-23-16)9-13-3-5-14(17)6-4-13/h3-6,11H,7-10H2,1-2H3. The Balaban J connectivity index is 1.65. The molecule has 7 heteroatoms. The molecule has 0 saturated carbocycles. The second-order valence-electron chi connectivity index (χ2n) is 5.80. The quantitative estimate of drug-likeness (QED) is 0.854. The summed E-state index contributed by atoms with van der Waals surface area (Å²) in [4.78, 5) is 20.3. The number of halogens is 1. The minimum Gasteiger partial charge on any atom is -0.343 e. The molecule has 1 aliphatic rings. The molecule has 23 heavy (non-hydrogen) atoms. The molecule has 122 valence electrons. The number of anilines is 1. The van der Waals surface area contributed by atoms with Crippen LogP contribution in [-0.4, -0.2) is 45.8 Å². The second kappa shape index (κ2) is 6.84. The molecule has 1 unspecified atom stereocenters. The number of hydrogen-bond acceptors (Lipinski definition) is 5. The molecule has 0 radical (unpaired) electrons. The second-order valence-corrected chi connectivity index (χ2v) is 6.97. The Labute approximate surface area is 145 Å². The van der Waals surface area contributed by atoms with Crippen molar-refractivity contribution in [1.82, 2.24) is 14.3 Å². The maximum absolute atomic E-state index is 11.6. The molecular formula is C16H19ClN4OS. The van der Waals surface area contributed by atoms with E-state index in [0.717, 1.165) is 41.2 Å². The topological polar surface area (TPSA) is 49.3 Å². The Morgan fingerprint density at radius 1 is 1.35 bits per heavy atom. The van der Waals surface area contributed by atoms with E-state index in [2.05, 4.69) is 21.2 Å². The molecule has 2 heterocycles. The fourth-order valence-electron chi connectivity index (χ4n) is 2.83. The summed E-state index contributed by atoms with van der Waals surface area (Å²) in [6.07, 6.45) is 0.705. The zero-order valence-electron chi connectivity index (χ0n) is 13.2. The van der Waals surface area contributed by atoms with Crippen molar-refractivity contribution >= 4 is 34.2 Å². The van der Waals surface area contributed by atoms with Crippen molar-refractivity contribution in [1.29, 1.82) is 0 Å². The van der Waals surface area contributed by atoms with Crippen LogP contribution in [0.3, 0.4) is 0 Å². The Kier molecular flexibility index (Phi) is 4.82. The van der Waals surface area contributed by atoms with Gasteiger partial charge in [0, 0.05) is 55.6 Å². The van der Waals surface area contributed by atoms with E-state index in [0.29, 0.717) is 6.42 Å². The predicted octanol–water partition coefficient (Wildman–Crippen LogP) is 2.84. The Hall–Kier alpha value is -1.66. The van der Waals surface area contributed by atoms with E-state index in [9.17, 15) is 4.79 Å². The molecule has 0 bridgehead atoms. The van der Waals surface area contributed by atoms with Gasteiger partial charge in [-0.25, -0.2) is 4.98 Å². The lowest BCUT2D eigenvalue weighted by Crippen LogP contribution is -2.53. The first-order valence-corrected chi connectivity index (χ1v) is 8.77. The Morgan fingerprint density at radius 2 is 2.09 bits per heavy atom. The summed E-state index contributed by atoms with van der Waals surface area (Å²) in [5, 5.41) is 1.67. The molecular weight excluding hydrogens is 332 g/mol. The number of carbonyl (C=O) groups excluding carboxylic acids is 1. The highest BCUT2D eigenvalue weighted by atomic mass is 35.5. The van der Waals surface area contributed by atoms with Crippen LogP contribution in [0.15, 0.2) is 24.3 Å². The zero-order valence-corrected chi connectivity index (χ0v) is 14.8. The van der Waals surface area contributed by atoms with Gasteiger partial charge in [-0.1, -0.05) is 23.7 Å². The van der Waals surface area contributed by atoms with Gasteiger partial charge in [-0.2, -0.15) is 4.37 Å². The molecule has 2 aromatic rings. The molecule has 1 fully saturated rings. The van der Waals surface area contributed by atoms with Gasteiger partial charge in [0.25, 0.3) is 0 Å². The van der Waals surface area contributed by atoms with Gasteiger partial charge in [0.2, 0.25) is 11.0 Å². The largest absolute Gasteiger partial charge is 0.343 e. The van der Waals surface area contributed by atoms with Crippen molar-refractivity contribution < 1.29 is 4.79 Å². The molecule has 3 rings (SSSR count). The number of carbonyl (C=O) groups is 1. The summed E-state index contributed by atoms with van der Waals surface area (Å²) in [5.74, 6) is 0.965. The van der Waals surface area contributed by atoms with Crippen molar-refractivity contribution in [3.05, 3.63) is 40.7 Å². The number of nitrogens with zero attached hydrogens (tertiary/aromatic N) is 4. The van der Waals surface area contributed by atoms with Gasteiger partial charge in [0.15, 0.2) is 0 Å². The molecule has 0 N–H and O–H groups in total. The number of aromatic nitrogens is 2. The van der Waals surface area contributed by atoms with E-state index < -0.39 is 0 Å². The van der Waals surface area contributed by atoms with E-state index in [4.69, 9.17) is 11.6 Å². The number of rotatable bonds is 3. The molecule has 1 aromatic heterocycles. The van der Waals surface area contributed by atoms with Crippen LogP contribution in [0.2, 0.25) is 5.02 Å². The van der Waals surface area contributed by atoms with Crippen LogP contribution in [0, 0.1) is 0 Å². The van der Waals surface area contributed by atoms with Crippen LogP contribution in [0.5, 0.6) is 0 Å². The average Bonchev–Trinajstić information content (AvgIpc) is 2.97.